The third kappa shape index (κ3) is 6.91. The summed E-state index contributed by atoms with van der Waals surface area (Å²) in [5.41, 5.74) is 1.24. The van der Waals surface area contributed by atoms with E-state index in [1.54, 1.807) is 0 Å². The summed E-state index contributed by atoms with van der Waals surface area (Å²) in [5.74, 6) is 0.805. The fraction of sp³-hybridized carbons (Fsp3) is 0.600. The van der Waals surface area contributed by atoms with Crippen molar-refractivity contribution in [1.29, 1.82) is 0 Å². The Morgan fingerprint density at radius 3 is 2.35 bits per heavy atom. The third-order valence-electron chi connectivity index (χ3n) is 3.09. The molecule has 0 aromatic heterocycles. The molecule has 1 N–H and O–H groups in total. The lowest BCUT2D eigenvalue weighted by molar-refractivity contribution is -0.173. The Hall–Kier alpha value is -1.07. The molecule has 0 aliphatic carbocycles. The molecule has 0 radical (unpaired) electrons. The number of ether oxygens (including phenoxy) is 1. The number of hydrogen-bond donors (Lipinski definition) is 1. The number of alkyl halides is 3. The van der Waals surface area contributed by atoms with Gasteiger partial charge in [-0.1, -0.05) is 44.2 Å². The summed E-state index contributed by atoms with van der Waals surface area (Å²) in [6.07, 6.45) is -4.25. The maximum absolute atomic E-state index is 11.9. The van der Waals surface area contributed by atoms with Crippen LogP contribution in [0.2, 0.25) is 0 Å². The summed E-state index contributed by atoms with van der Waals surface area (Å²) in [6, 6.07) is 10.1. The molecule has 114 valence electrons. The number of hydrogen-bond acceptors (Lipinski definition) is 2. The third-order valence-corrected chi connectivity index (χ3v) is 3.09. The Kier molecular flexibility index (Phi) is 7.02. The van der Waals surface area contributed by atoms with Gasteiger partial charge < -0.3 is 10.1 Å². The zero-order valence-electron chi connectivity index (χ0n) is 11.9. The van der Waals surface area contributed by atoms with Crippen LogP contribution in [0.3, 0.4) is 0 Å². The molecule has 0 bridgehead atoms. The van der Waals surface area contributed by atoms with E-state index in [0.717, 1.165) is 6.54 Å². The van der Waals surface area contributed by atoms with E-state index in [0.29, 0.717) is 18.4 Å². The lowest BCUT2D eigenvalue weighted by Gasteiger charge is -2.22. The average Bonchev–Trinajstić information content (AvgIpc) is 2.37. The number of benzene rings is 1. The van der Waals surface area contributed by atoms with Gasteiger partial charge in [-0.15, -0.1) is 0 Å². The number of halogens is 3. The van der Waals surface area contributed by atoms with E-state index in [4.69, 9.17) is 0 Å². The van der Waals surface area contributed by atoms with Gasteiger partial charge in [0.25, 0.3) is 0 Å². The van der Waals surface area contributed by atoms with Crippen LogP contribution in [-0.4, -0.2) is 32.5 Å². The molecule has 0 fully saturated rings. The summed E-state index contributed by atoms with van der Waals surface area (Å²) >= 11 is 0. The van der Waals surface area contributed by atoms with Gasteiger partial charge in [-0.25, -0.2) is 0 Å². The fourth-order valence-corrected chi connectivity index (χ4v) is 2.03. The molecule has 1 aromatic rings. The van der Waals surface area contributed by atoms with Crippen LogP contribution < -0.4 is 5.32 Å². The second-order valence-corrected chi connectivity index (χ2v) is 5.13. The molecule has 1 rings (SSSR count). The molecule has 5 heteroatoms. The predicted octanol–water partition coefficient (Wildman–Crippen LogP) is 3.59. The molecular formula is C15H22F3NO. The van der Waals surface area contributed by atoms with Crippen LogP contribution in [0.5, 0.6) is 0 Å². The molecule has 0 saturated carbocycles. The first-order chi connectivity index (χ1) is 9.40. The van der Waals surface area contributed by atoms with E-state index in [-0.39, 0.29) is 6.61 Å². The summed E-state index contributed by atoms with van der Waals surface area (Å²) < 4.78 is 40.2. The van der Waals surface area contributed by atoms with Crippen LogP contribution in [0, 0.1) is 5.92 Å². The standard InChI is InChI=1S/C15H22F3NO/c1-12(2)14(13-6-4-3-5-7-13)10-19-8-9-20-11-15(16,17)18/h3-7,12,14,19H,8-11H2,1-2H3. The lowest BCUT2D eigenvalue weighted by atomic mass is 9.88. The molecule has 0 aliphatic rings. The second-order valence-electron chi connectivity index (χ2n) is 5.13. The molecule has 1 unspecified atom stereocenters. The minimum absolute atomic E-state index is 0.0686. The first-order valence-corrected chi connectivity index (χ1v) is 6.80. The van der Waals surface area contributed by atoms with Crippen molar-refractivity contribution in [2.45, 2.75) is 25.9 Å². The van der Waals surface area contributed by atoms with Gasteiger partial charge in [0.05, 0.1) is 6.61 Å². The Morgan fingerprint density at radius 1 is 1.15 bits per heavy atom. The molecule has 0 heterocycles. The van der Waals surface area contributed by atoms with Crippen LogP contribution in [-0.2, 0) is 4.74 Å². The van der Waals surface area contributed by atoms with Gasteiger partial charge in [-0.05, 0) is 17.4 Å². The Bertz CT molecular complexity index is 365. The maximum atomic E-state index is 11.9. The SMILES string of the molecule is CC(C)C(CNCCOCC(F)(F)F)c1ccccc1. The van der Waals surface area contributed by atoms with Crippen molar-refractivity contribution < 1.29 is 17.9 Å². The molecule has 0 saturated heterocycles. The van der Waals surface area contributed by atoms with Gasteiger partial charge in [-0.3, -0.25) is 0 Å². The first-order valence-electron chi connectivity index (χ1n) is 6.80. The highest BCUT2D eigenvalue weighted by molar-refractivity contribution is 5.20. The van der Waals surface area contributed by atoms with Crippen LogP contribution in [0.15, 0.2) is 30.3 Å². The second kappa shape index (κ2) is 8.27. The Labute approximate surface area is 118 Å². The predicted molar refractivity (Wildman–Crippen MR) is 73.8 cm³/mol. The largest absolute Gasteiger partial charge is 0.411 e. The normalized spacial score (nSPS) is 13.7. The summed E-state index contributed by atoms with van der Waals surface area (Å²) in [4.78, 5) is 0. The van der Waals surface area contributed by atoms with E-state index in [1.165, 1.54) is 5.56 Å². The van der Waals surface area contributed by atoms with E-state index in [9.17, 15) is 13.2 Å². The van der Waals surface area contributed by atoms with Crippen molar-refractivity contribution in [3.05, 3.63) is 35.9 Å². The zero-order valence-corrected chi connectivity index (χ0v) is 11.9. The van der Waals surface area contributed by atoms with E-state index in [1.807, 2.05) is 18.2 Å². The van der Waals surface area contributed by atoms with Gasteiger partial charge in [0, 0.05) is 13.1 Å². The molecule has 0 amide bonds. The molecule has 1 atom stereocenters. The van der Waals surface area contributed by atoms with Gasteiger partial charge in [0.2, 0.25) is 0 Å². The van der Waals surface area contributed by atoms with Crippen LogP contribution in [0.1, 0.15) is 25.3 Å². The van der Waals surface area contributed by atoms with Crippen LogP contribution >= 0.6 is 0 Å². The van der Waals surface area contributed by atoms with E-state index < -0.39 is 12.8 Å². The summed E-state index contributed by atoms with van der Waals surface area (Å²) in [7, 11) is 0. The molecule has 1 aromatic carbocycles. The first kappa shape index (κ1) is 17.0. The number of nitrogens with one attached hydrogen (secondary N) is 1. The topological polar surface area (TPSA) is 21.3 Å². The quantitative estimate of drug-likeness (QED) is 0.738. The smallest absolute Gasteiger partial charge is 0.371 e. The Balaban J connectivity index is 2.28. The van der Waals surface area contributed by atoms with Crippen LogP contribution in [0.25, 0.3) is 0 Å². The maximum Gasteiger partial charge on any atom is 0.411 e. The van der Waals surface area contributed by atoms with Gasteiger partial charge in [0.15, 0.2) is 0 Å². The monoisotopic (exact) mass is 289 g/mol. The van der Waals surface area contributed by atoms with E-state index >= 15 is 0 Å². The minimum atomic E-state index is -4.25. The molecule has 0 aliphatic heterocycles. The number of rotatable bonds is 8. The summed E-state index contributed by atoms with van der Waals surface area (Å²) in [6.45, 7) is 4.32. The van der Waals surface area contributed by atoms with Crippen molar-refractivity contribution in [1.82, 2.24) is 5.32 Å². The van der Waals surface area contributed by atoms with Crippen molar-refractivity contribution in [3.8, 4) is 0 Å². The minimum Gasteiger partial charge on any atom is -0.371 e. The highest BCUT2D eigenvalue weighted by Crippen LogP contribution is 2.23. The van der Waals surface area contributed by atoms with Gasteiger partial charge >= 0.3 is 6.18 Å². The zero-order chi connectivity index (χ0) is 15.0. The molecular weight excluding hydrogens is 267 g/mol. The highest BCUT2D eigenvalue weighted by atomic mass is 19.4. The fourth-order valence-electron chi connectivity index (χ4n) is 2.03. The average molecular weight is 289 g/mol. The Morgan fingerprint density at radius 2 is 1.80 bits per heavy atom. The van der Waals surface area contributed by atoms with Gasteiger partial charge in [-0.2, -0.15) is 13.2 Å². The van der Waals surface area contributed by atoms with Crippen molar-refractivity contribution >= 4 is 0 Å². The van der Waals surface area contributed by atoms with Crippen molar-refractivity contribution in [2.75, 3.05) is 26.3 Å². The lowest BCUT2D eigenvalue weighted by Crippen LogP contribution is -2.29. The molecule has 20 heavy (non-hydrogen) atoms. The van der Waals surface area contributed by atoms with Gasteiger partial charge in [0.1, 0.15) is 6.61 Å². The van der Waals surface area contributed by atoms with Crippen LogP contribution in [0.4, 0.5) is 13.2 Å². The molecule has 2 nitrogen and oxygen atoms in total. The van der Waals surface area contributed by atoms with Crippen molar-refractivity contribution in [2.24, 2.45) is 5.92 Å². The van der Waals surface area contributed by atoms with E-state index in [2.05, 4.69) is 36.0 Å². The van der Waals surface area contributed by atoms with Crippen molar-refractivity contribution in [3.63, 3.8) is 0 Å². The summed E-state index contributed by atoms with van der Waals surface area (Å²) in [5, 5.41) is 3.16. The molecule has 0 spiro atoms. The highest BCUT2D eigenvalue weighted by Gasteiger charge is 2.27.